The molecule has 3 aromatic carbocycles. The first-order chi connectivity index (χ1) is 17.4. The average Bonchev–Trinajstić information content (AvgIpc) is 2.90. The van der Waals surface area contributed by atoms with Gasteiger partial charge in [0, 0.05) is 23.2 Å². The number of hydrogen-bond donors (Lipinski definition) is 1. The zero-order chi connectivity index (χ0) is 26.1. The molecule has 0 bridgehead atoms. The van der Waals surface area contributed by atoms with Crippen molar-refractivity contribution in [2.45, 2.75) is 25.9 Å². The number of hydrogen-bond acceptors (Lipinski definition) is 7. The lowest BCUT2D eigenvalue weighted by molar-refractivity contribution is -0.154. The Morgan fingerprint density at radius 2 is 1.50 bits per heavy atom. The molecule has 1 amide bonds. The predicted octanol–water partition coefficient (Wildman–Crippen LogP) is 4.77. The summed E-state index contributed by atoms with van der Waals surface area (Å²) in [5, 5.41) is 2.74. The molecular weight excluding hydrogens is 462 g/mol. The van der Waals surface area contributed by atoms with Crippen LogP contribution < -0.4 is 19.5 Å². The third-order valence-electron chi connectivity index (χ3n) is 5.47. The zero-order valence-corrected chi connectivity index (χ0v) is 20.7. The molecule has 0 aliphatic heterocycles. The zero-order valence-electron chi connectivity index (χ0n) is 20.7. The van der Waals surface area contributed by atoms with Crippen molar-refractivity contribution in [1.82, 2.24) is 0 Å². The highest BCUT2D eigenvalue weighted by Gasteiger charge is 2.25. The molecule has 3 rings (SSSR count). The van der Waals surface area contributed by atoms with Gasteiger partial charge >= 0.3 is 5.97 Å². The van der Waals surface area contributed by atoms with E-state index >= 15 is 0 Å². The molecule has 0 fully saturated rings. The van der Waals surface area contributed by atoms with Gasteiger partial charge in [0.25, 0.3) is 5.91 Å². The largest absolute Gasteiger partial charge is 0.493 e. The molecule has 8 nitrogen and oxygen atoms in total. The number of aryl methyl sites for hydroxylation is 1. The third-order valence-corrected chi connectivity index (χ3v) is 5.47. The maximum Gasteiger partial charge on any atom is 0.307 e. The van der Waals surface area contributed by atoms with Crippen LogP contribution in [0.1, 0.15) is 40.9 Å². The number of carbonyl (C=O) groups excluding carboxylic acids is 3. The van der Waals surface area contributed by atoms with E-state index in [9.17, 15) is 14.4 Å². The fourth-order valence-corrected chi connectivity index (χ4v) is 3.64. The minimum Gasteiger partial charge on any atom is -0.493 e. The van der Waals surface area contributed by atoms with Gasteiger partial charge in [0.2, 0.25) is 11.9 Å². The van der Waals surface area contributed by atoms with Crippen molar-refractivity contribution in [1.29, 1.82) is 0 Å². The van der Waals surface area contributed by atoms with Crippen molar-refractivity contribution >= 4 is 23.3 Å². The van der Waals surface area contributed by atoms with Crippen molar-refractivity contribution in [2.24, 2.45) is 0 Å². The van der Waals surface area contributed by atoms with E-state index in [0.717, 1.165) is 5.56 Å². The van der Waals surface area contributed by atoms with Gasteiger partial charge in [0.05, 0.1) is 21.3 Å². The van der Waals surface area contributed by atoms with Crippen molar-refractivity contribution in [3.63, 3.8) is 0 Å². The molecule has 0 saturated heterocycles. The third kappa shape index (κ3) is 6.63. The number of anilines is 1. The van der Waals surface area contributed by atoms with Gasteiger partial charge in [-0.1, -0.05) is 42.5 Å². The summed E-state index contributed by atoms with van der Waals surface area (Å²) >= 11 is 0. The molecule has 0 aliphatic carbocycles. The van der Waals surface area contributed by atoms with Crippen LogP contribution in [0.2, 0.25) is 0 Å². The molecule has 0 spiro atoms. The summed E-state index contributed by atoms with van der Waals surface area (Å²) in [5.41, 5.74) is 2.20. The molecule has 0 aliphatic rings. The number of ketones is 1. The van der Waals surface area contributed by atoms with Gasteiger partial charge < -0.3 is 24.3 Å². The van der Waals surface area contributed by atoms with Crippen LogP contribution in [-0.2, 0) is 20.7 Å². The van der Waals surface area contributed by atoms with Crippen molar-refractivity contribution in [3.8, 4) is 17.2 Å². The second kappa shape index (κ2) is 12.4. The van der Waals surface area contributed by atoms with Gasteiger partial charge in [-0.2, -0.15) is 0 Å². The highest BCUT2D eigenvalue weighted by Crippen LogP contribution is 2.38. The molecule has 36 heavy (non-hydrogen) atoms. The van der Waals surface area contributed by atoms with E-state index in [1.807, 2.05) is 0 Å². The first-order valence-corrected chi connectivity index (χ1v) is 11.3. The van der Waals surface area contributed by atoms with E-state index < -0.39 is 18.0 Å². The Balaban J connectivity index is 1.75. The van der Waals surface area contributed by atoms with Gasteiger partial charge in [-0.3, -0.25) is 14.4 Å². The number of carbonyl (C=O) groups is 3. The topological polar surface area (TPSA) is 100 Å². The van der Waals surface area contributed by atoms with E-state index in [2.05, 4.69) is 5.32 Å². The van der Waals surface area contributed by atoms with Crippen LogP contribution in [0.3, 0.4) is 0 Å². The van der Waals surface area contributed by atoms with Crippen LogP contribution >= 0.6 is 0 Å². The Labute approximate surface area is 210 Å². The number of nitrogens with one attached hydrogen (secondary N) is 1. The molecule has 0 unspecified atom stereocenters. The highest BCUT2D eigenvalue weighted by molar-refractivity contribution is 5.99. The van der Waals surface area contributed by atoms with Crippen LogP contribution in [0.5, 0.6) is 17.2 Å². The molecular formula is C28H29NO7. The summed E-state index contributed by atoms with van der Waals surface area (Å²) < 4.78 is 21.7. The van der Waals surface area contributed by atoms with Crippen LogP contribution in [0.25, 0.3) is 0 Å². The SMILES string of the molecule is COc1cc(CCC(=O)O[C@@H](C(=O)Nc2cccc(C(C)=O)c2)c2ccccc2)cc(OC)c1OC. The van der Waals surface area contributed by atoms with Gasteiger partial charge in [-0.15, -0.1) is 0 Å². The number of rotatable bonds is 11. The fraction of sp³-hybridized carbons (Fsp3) is 0.250. The first kappa shape index (κ1) is 26.3. The quantitative estimate of drug-likeness (QED) is 0.305. The Kier molecular flexibility index (Phi) is 9.05. The van der Waals surface area contributed by atoms with Crippen LogP contribution in [-0.4, -0.2) is 39.0 Å². The molecule has 8 heteroatoms. The number of amides is 1. The van der Waals surface area contributed by atoms with Crippen molar-refractivity contribution in [3.05, 3.63) is 83.4 Å². The maximum atomic E-state index is 13.1. The predicted molar refractivity (Wildman–Crippen MR) is 135 cm³/mol. The lowest BCUT2D eigenvalue weighted by Crippen LogP contribution is -2.26. The number of methoxy groups -OCH3 is 3. The second-order valence-electron chi connectivity index (χ2n) is 7.94. The summed E-state index contributed by atoms with van der Waals surface area (Å²) in [4.78, 5) is 37.6. The average molecular weight is 492 g/mol. The molecule has 3 aromatic rings. The summed E-state index contributed by atoms with van der Waals surface area (Å²) in [6.07, 6.45) is -0.811. The second-order valence-corrected chi connectivity index (χ2v) is 7.94. The summed E-state index contributed by atoms with van der Waals surface area (Å²) in [7, 11) is 4.55. The maximum absolute atomic E-state index is 13.1. The molecule has 1 N–H and O–H groups in total. The molecule has 0 aromatic heterocycles. The van der Waals surface area contributed by atoms with E-state index in [4.69, 9.17) is 18.9 Å². The van der Waals surface area contributed by atoms with Gasteiger partial charge in [0.1, 0.15) is 0 Å². The number of esters is 1. The molecule has 0 saturated carbocycles. The van der Waals surface area contributed by atoms with Gasteiger partial charge in [-0.05, 0) is 43.2 Å². The summed E-state index contributed by atoms with van der Waals surface area (Å²) in [6, 6.07) is 18.9. The summed E-state index contributed by atoms with van der Waals surface area (Å²) in [6.45, 7) is 1.45. The van der Waals surface area contributed by atoms with Crippen LogP contribution in [0, 0.1) is 0 Å². The summed E-state index contributed by atoms with van der Waals surface area (Å²) in [5.74, 6) is 0.224. The Hall–Kier alpha value is -4.33. The van der Waals surface area contributed by atoms with E-state index in [1.54, 1.807) is 66.7 Å². The fourth-order valence-electron chi connectivity index (χ4n) is 3.64. The monoisotopic (exact) mass is 491 g/mol. The minimum absolute atomic E-state index is 0.0229. The normalized spacial score (nSPS) is 11.2. The molecule has 188 valence electrons. The number of ether oxygens (including phenoxy) is 4. The van der Waals surface area contributed by atoms with E-state index in [0.29, 0.717) is 40.5 Å². The number of benzene rings is 3. The molecule has 0 radical (unpaired) electrons. The smallest absolute Gasteiger partial charge is 0.307 e. The Morgan fingerprint density at radius 1 is 0.833 bits per heavy atom. The van der Waals surface area contributed by atoms with Gasteiger partial charge in [0.15, 0.2) is 17.3 Å². The van der Waals surface area contributed by atoms with Gasteiger partial charge in [-0.25, -0.2) is 0 Å². The Bertz CT molecular complexity index is 1200. The number of Topliss-reactive ketones (excluding diaryl/α,β-unsaturated/α-hetero) is 1. The van der Waals surface area contributed by atoms with Crippen molar-refractivity contribution in [2.75, 3.05) is 26.6 Å². The van der Waals surface area contributed by atoms with E-state index in [-0.39, 0.29) is 12.2 Å². The minimum atomic E-state index is -1.17. The van der Waals surface area contributed by atoms with Crippen LogP contribution in [0.4, 0.5) is 5.69 Å². The lowest BCUT2D eigenvalue weighted by Gasteiger charge is -2.19. The van der Waals surface area contributed by atoms with E-state index in [1.165, 1.54) is 28.3 Å². The Morgan fingerprint density at radius 3 is 2.08 bits per heavy atom. The van der Waals surface area contributed by atoms with Crippen LogP contribution in [0.15, 0.2) is 66.7 Å². The first-order valence-electron chi connectivity index (χ1n) is 11.3. The van der Waals surface area contributed by atoms with Crippen molar-refractivity contribution < 1.29 is 33.3 Å². The lowest BCUT2D eigenvalue weighted by atomic mass is 10.1. The highest BCUT2D eigenvalue weighted by atomic mass is 16.5. The molecule has 0 heterocycles. The molecule has 1 atom stereocenters. The standard InChI is InChI=1S/C28H29NO7/c1-18(30)21-11-8-12-22(17-21)29-28(32)26(20-9-6-5-7-10-20)36-25(31)14-13-19-15-23(33-2)27(35-4)24(16-19)34-3/h5-12,15-17,26H,13-14H2,1-4H3,(H,29,32)/t26-/m1/s1.